The Hall–Kier alpha value is -1.50. The summed E-state index contributed by atoms with van der Waals surface area (Å²) in [6.07, 6.45) is 6.71. The minimum atomic E-state index is -0.196. The fraction of sp³-hybridized carbons (Fsp3) is 0.900. The second-order valence-electron chi connectivity index (χ2n) is 8.35. The van der Waals surface area contributed by atoms with E-state index in [4.69, 9.17) is 4.74 Å². The Labute approximate surface area is 164 Å². The van der Waals surface area contributed by atoms with Crippen molar-refractivity contribution in [2.45, 2.75) is 64.0 Å². The lowest BCUT2D eigenvalue weighted by Gasteiger charge is -2.45. The van der Waals surface area contributed by atoms with E-state index in [1.807, 2.05) is 14.0 Å². The largest absolute Gasteiger partial charge is 0.450 e. The minimum Gasteiger partial charge on any atom is -0.450 e. The van der Waals surface area contributed by atoms with Crippen molar-refractivity contribution in [1.29, 1.82) is 0 Å². The van der Waals surface area contributed by atoms with E-state index in [2.05, 4.69) is 41.5 Å². The molecule has 1 saturated heterocycles. The van der Waals surface area contributed by atoms with Crippen molar-refractivity contribution in [3.63, 3.8) is 0 Å². The Morgan fingerprint density at radius 1 is 1.30 bits per heavy atom. The molecule has 1 saturated carbocycles. The lowest BCUT2D eigenvalue weighted by atomic mass is 9.75. The van der Waals surface area contributed by atoms with E-state index in [1.54, 1.807) is 4.90 Å². The number of carbonyl (C=O) groups excluding carboxylic acids is 1. The first-order valence-electron chi connectivity index (χ1n) is 10.5. The molecule has 1 amide bonds. The third-order valence-corrected chi connectivity index (χ3v) is 6.19. The predicted octanol–water partition coefficient (Wildman–Crippen LogP) is 2.28. The van der Waals surface area contributed by atoms with E-state index in [0.717, 1.165) is 44.4 Å². The fourth-order valence-electron chi connectivity index (χ4n) is 4.41. The van der Waals surface area contributed by atoms with Gasteiger partial charge >= 0.3 is 6.09 Å². The van der Waals surface area contributed by atoms with Gasteiger partial charge in [-0.3, -0.25) is 4.99 Å². The van der Waals surface area contributed by atoms with Crippen LogP contribution in [0.15, 0.2) is 4.99 Å². The maximum atomic E-state index is 11.8. The number of amides is 1. The van der Waals surface area contributed by atoms with Gasteiger partial charge in [-0.05, 0) is 52.6 Å². The van der Waals surface area contributed by atoms with Crippen LogP contribution in [0.3, 0.4) is 0 Å². The molecule has 2 atom stereocenters. The van der Waals surface area contributed by atoms with E-state index in [9.17, 15) is 4.79 Å². The summed E-state index contributed by atoms with van der Waals surface area (Å²) in [7, 11) is 6.22. The second kappa shape index (κ2) is 10.2. The number of hydrogen-bond donors (Lipinski definition) is 2. The van der Waals surface area contributed by atoms with Crippen LogP contribution in [-0.2, 0) is 4.74 Å². The van der Waals surface area contributed by atoms with Crippen LogP contribution in [0.2, 0.25) is 0 Å². The third-order valence-electron chi connectivity index (χ3n) is 6.19. The molecular formula is C20H39N5O2. The highest BCUT2D eigenvalue weighted by Crippen LogP contribution is 2.35. The Bertz CT molecular complexity index is 503. The molecule has 7 nitrogen and oxygen atoms in total. The number of hydrogen-bond acceptors (Lipinski definition) is 4. The van der Waals surface area contributed by atoms with E-state index < -0.39 is 0 Å². The van der Waals surface area contributed by atoms with Gasteiger partial charge in [-0.25, -0.2) is 4.79 Å². The maximum absolute atomic E-state index is 11.8. The molecular weight excluding hydrogens is 342 g/mol. The third kappa shape index (κ3) is 5.99. The molecule has 0 aromatic carbocycles. The Morgan fingerprint density at radius 2 is 2.00 bits per heavy atom. The lowest BCUT2D eigenvalue weighted by Crippen LogP contribution is -2.57. The van der Waals surface area contributed by atoms with Crippen LogP contribution in [0.25, 0.3) is 0 Å². The van der Waals surface area contributed by atoms with Crippen LogP contribution in [0.4, 0.5) is 4.79 Å². The maximum Gasteiger partial charge on any atom is 0.409 e. The van der Waals surface area contributed by atoms with Crippen molar-refractivity contribution >= 4 is 12.1 Å². The van der Waals surface area contributed by atoms with Crippen molar-refractivity contribution in [2.24, 2.45) is 10.9 Å². The van der Waals surface area contributed by atoms with Gasteiger partial charge in [0.2, 0.25) is 0 Å². The quantitative estimate of drug-likeness (QED) is 0.565. The number of piperidine rings is 1. The van der Waals surface area contributed by atoms with E-state index in [-0.39, 0.29) is 11.6 Å². The topological polar surface area (TPSA) is 69.2 Å². The molecule has 156 valence electrons. The number of nitrogens with one attached hydrogen (secondary N) is 2. The summed E-state index contributed by atoms with van der Waals surface area (Å²) in [5.41, 5.74) is 0.197. The molecule has 1 heterocycles. The Morgan fingerprint density at radius 3 is 2.56 bits per heavy atom. The summed E-state index contributed by atoms with van der Waals surface area (Å²) < 4.78 is 5.09. The van der Waals surface area contributed by atoms with Gasteiger partial charge in [0.05, 0.1) is 6.61 Å². The molecule has 0 spiro atoms. The molecule has 7 heteroatoms. The molecule has 2 unspecified atom stereocenters. The molecule has 2 N–H and O–H groups in total. The highest BCUT2D eigenvalue weighted by molar-refractivity contribution is 5.80. The molecule has 0 aromatic rings. The van der Waals surface area contributed by atoms with E-state index >= 15 is 0 Å². The van der Waals surface area contributed by atoms with Gasteiger partial charge in [0, 0.05) is 38.3 Å². The van der Waals surface area contributed by atoms with Crippen LogP contribution in [0.5, 0.6) is 0 Å². The fourth-order valence-corrected chi connectivity index (χ4v) is 4.41. The first kappa shape index (κ1) is 21.8. The molecule has 0 aromatic heterocycles. The van der Waals surface area contributed by atoms with Gasteiger partial charge in [-0.1, -0.05) is 19.8 Å². The number of likely N-dealkylation sites (tertiary alicyclic amines) is 1. The molecule has 0 bridgehead atoms. The molecule has 2 rings (SSSR count). The number of ether oxygens (including phenoxy) is 1. The molecule has 2 fully saturated rings. The van der Waals surface area contributed by atoms with Crippen LogP contribution in [0.1, 0.15) is 52.4 Å². The summed E-state index contributed by atoms with van der Waals surface area (Å²) in [5.74, 6) is 1.63. The summed E-state index contributed by atoms with van der Waals surface area (Å²) in [4.78, 5) is 20.4. The van der Waals surface area contributed by atoms with Crippen LogP contribution < -0.4 is 10.6 Å². The Kier molecular flexibility index (Phi) is 8.20. The Balaban J connectivity index is 1.83. The first-order chi connectivity index (χ1) is 12.9. The highest BCUT2D eigenvalue weighted by Gasteiger charge is 2.37. The van der Waals surface area contributed by atoms with Crippen LogP contribution in [0, 0.1) is 5.92 Å². The zero-order valence-corrected chi connectivity index (χ0v) is 17.9. The van der Waals surface area contributed by atoms with Crippen molar-refractivity contribution in [3.05, 3.63) is 0 Å². The zero-order chi connectivity index (χ0) is 19.9. The van der Waals surface area contributed by atoms with E-state index in [0.29, 0.717) is 12.6 Å². The average molecular weight is 382 g/mol. The van der Waals surface area contributed by atoms with Gasteiger partial charge < -0.3 is 25.2 Å². The van der Waals surface area contributed by atoms with Gasteiger partial charge in [0.25, 0.3) is 0 Å². The van der Waals surface area contributed by atoms with Crippen molar-refractivity contribution in [3.8, 4) is 0 Å². The second-order valence-corrected chi connectivity index (χ2v) is 8.35. The number of likely N-dealkylation sites (N-methyl/N-ethyl adjacent to an activating group) is 1. The number of aliphatic imine (C=N–C) groups is 1. The van der Waals surface area contributed by atoms with E-state index in [1.165, 1.54) is 25.7 Å². The summed E-state index contributed by atoms with van der Waals surface area (Å²) >= 11 is 0. The number of carbonyl (C=O) groups is 1. The molecule has 27 heavy (non-hydrogen) atoms. The first-order valence-corrected chi connectivity index (χ1v) is 10.5. The summed E-state index contributed by atoms with van der Waals surface area (Å²) in [6.45, 7) is 7.00. The molecule has 1 aliphatic carbocycles. The van der Waals surface area contributed by atoms with Crippen LogP contribution >= 0.6 is 0 Å². The zero-order valence-electron chi connectivity index (χ0n) is 17.9. The summed E-state index contributed by atoms with van der Waals surface area (Å²) in [5, 5.41) is 7.12. The van der Waals surface area contributed by atoms with Crippen molar-refractivity contribution in [2.75, 3.05) is 47.4 Å². The average Bonchev–Trinajstić information content (AvgIpc) is 2.65. The van der Waals surface area contributed by atoms with Gasteiger partial charge in [0.15, 0.2) is 5.96 Å². The SMILES string of the molecule is CCOC(=O)N1CCC(NC(=NC)NCC2(N(C)C)CCCC(C)C2)CC1. The number of rotatable bonds is 5. The number of guanidine groups is 1. The highest BCUT2D eigenvalue weighted by atomic mass is 16.6. The smallest absolute Gasteiger partial charge is 0.409 e. The summed E-state index contributed by atoms with van der Waals surface area (Å²) in [6, 6.07) is 0.336. The minimum absolute atomic E-state index is 0.196. The van der Waals surface area contributed by atoms with Crippen LogP contribution in [-0.4, -0.2) is 80.8 Å². The molecule has 0 radical (unpaired) electrons. The normalized spacial score (nSPS) is 27.6. The van der Waals surface area contributed by atoms with Gasteiger partial charge in [0.1, 0.15) is 0 Å². The lowest BCUT2D eigenvalue weighted by molar-refractivity contribution is 0.0793. The van der Waals surface area contributed by atoms with Crippen molar-refractivity contribution < 1.29 is 9.53 Å². The predicted molar refractivity (Wildman–Crippen MR) is 110 cm³/mol. The van der Waals surface area contributed by atoms with Crippen molar-refractivity contribution in [1.82, 2.24) is 20.4 Å². The van der Waals surface area contributed by atoms with Gasteiger partial charge in [-0.2, -0.15) is 0 Å². The standard InChI is InChI=1S/C20H39N5O2/c1-6-27-19(26)25-12-9-17(10-13-25)23-18(21-3)22-15-20(24(4)5)11-7-8-16(2)14-20/h16-17H,6-15H2,1-5H3,(H2,21,22,23). The monoisotopic (exact) mass is 381 g/mol. The van der Waals surface area contributed by atoms with Gasteiger partial charge in [-0.15, -0.1) is 0 Å². The molecule has 1 aliphatic heterocycles. The molecule has 2 aliphatic rings. The number of nitrogens with zero attached hydrogens (tertiary/aromatic N) is 3.